The standard InChI is InChI=1S/C17H14O5/c1-9(2)15-14(18)11-6-7-12(10(3)16(11)22-15)21-17(19)13-5-4-8-20-13/h4-8H,1-3H3. The van der Waals surface area contributed by atoms with Crippen molar-refractivity contribution in [1.29, 1.82) is 0 Å². The lowest BCUT2D eigenvalue weighted by Crippen LogP contribution is -2.08. The Kier molecular flexibility index (Phi) is 3.33. The van der Waals surface area contributed by atoms with Gasteiger partial charge in [-0.05, 0) is 50.6 Å². The smallest absolute Gasteiger partial charge is 0.379 e. The van der Waals surface area contributed by atoms with E-state index in [4.69, 9.17) is 13.9 Å². The van der Waals surface area contributed by atoms with Gasteiger partial charge in [0.05, 0.1) is 11.8 Å². The summed E-state index contributed by atoms with van der Waals surface area (Å²) in [5, 5.41) is 0. The van der Waals surface area contributed by atoms with Gasteiger partial charge in [-0.15, -0.1) is 0 Å². The van der Waals surface area contributed by atoms with Gasteiger partial charge in [0.15, 0.2) is 5.76 Å². The zero-order valence-corrected chi connectivity index (χ0v) is 12.4. The maximum atomic E-state index is 12.2. The van der Waals surface area contributed by atoms with Gasteiger partial charge in [-0.25, -0.2) is 4.79 Å². The van der Waals surface area contributed by atoms with Crippen LogP contribution in [0.4, 0.5) is 0 Å². The summed E-state index contributed by atoms with van der Waals surface area (Å²) >= 11 is 0. The van der Waals surface area contributed by atoms with Gasteiger partial charge in [0.2, 0.25) is 11.5 Å². The van der Waals surface area contributed by atoms with Crippen molar-refractivity contribution in [3.8, 4) is 11.5 Å². The third-order valence-corrected chi connectivity index (χ3v) is 3.39. The molecule has 1 aliphatic heterocycles. The van der Waals surface area contributed by atoms with Crippen LogP contribution in [0.1, 0.15) is 40.3 Å². The molecule has 0 atom stereocenters. The minimum atomic E-state index is -0.597. The second-order valence-electron chi connectivity index (χ2n) is 5.19. The maximum absolute atomic E-state index is 12.2. The van der Waals surface area contributed by atoms with E-state index in [0.29, 0.717) is 28.4 Å². The van der Waals surface area contributed by atoms with Crippen molar-refractivity contribution in [2.75, 3.05) is 0 Å². The number of ketones is 1. The van der Waals surface area contributed by atoms with E-state index in [-0.39, 0.29) is 11.5 Å². The van der Waals surface area contributed by atoms with Crippen molar-refractivity contribution >= 4 is 11.8 Å². The summed E-state index contributed by atoms with van der Waals surface area (Å²) < 4.78 is 15.9. The monoisotopic (exact) mass is 298 g/mol. The van der Waals surface area contributed by atoms with E-state index in [9.17, 15) is 9.59 Å². The number of benzene rings is 1. The van der Waals surface area contributed by atoms with E-state index in [0.717, 1.165) is 5.57 Å². The topological polar surface area (TPSA) is 65.7 Å². The first-order chi connectivity index (χ1) is 10.5. The van der Waals surface area contributed by atoms with Gasteiger partial charge < -0.3 is 13.9 Å². The molecule has 0 radical (unpaired) electrons. The Hall–Kier alpha value is -2.82. The molecule has 2 heterocycles. The molecule has 22 heavy (non-hydrogen) atoms. The highest BCUT2D eigenvalue weighted by Crippen LogP contribution is 2.39. The van der Waals surface area contributed by atoms with E-state index in [1.54, 1.807) is 25.1 Å². The fourth-order valence-corrected chi connectivity index (χ4v) is 2.24. The molecule has 112 valence electrons. The minimum Gasteiger partial charge on any atom is -0.457 e. The Labute approximate surface area is 127 Å². The lowest BCUT2D eigenvalue weighted by Gasteiger charge is -2.09. The number of esters is 1. The van der Waals surface area contributed by atoms with Gasteiger partial charge in [0.25, 0.3) is 0 Å². The largest absolute Gasteiger partial charge is 0.457 e. The van der Waals surface area contributed by atoms with E-state index < -0.39 is 5.97 Å². The molecule has 2 aromatic rings. The van der Waals surface area contributed by atoms with Crippen molar-refractivity contribution in [3.63, 3.8) is 0 Å². The number of ether oxygens (including phenoxy) is 2. The predicted molar refractivity (Wildman–Crippen MR) is 78.2 cm³/mol. The second-order valence-corrected chi connectivity index (χ2v) is 5.19. The quantitative estimate of drug-likeness (QED) is 0.481. The molecule has 5 nitrogen and oxygen atoms in total. The Bertz CT molecular complexity index is 793. The number of Topliss-reactive ketones (excluding diaryl/α,β-unsaturated/α-hetero) is 1. The Balaban J connectivity index is 1.95. The maximum Gasteiger partial charge on any atom is 0.379 e. The number of rotatable bonds is 2. The molecule has 1 aliphatic rings. The molecule has 0 aliphatic carbocycles. The summed E-state index contributed by atoms with van der Waals surface area (Å²) in [7, 11) is 0. The van der Waals surface area contributed by atoms with Crippen LogP contribution in [-0.4, -0.2) is 11.8 Å². The first kappa shape index (κ1) is 14.1. The van der Waals surface area contributed by atoms with Crippen molar-refractivity contribution in [1.82, 2.24) is 0 Å². The van der Waals surface area contributed by atoms with Gasteiger partial charge in [-0.2, -0.15) is 0 Å². The molecule has 0 bridgehead atoms. The van der Waals surface area contributed by atoms with Crippen molar-refractivity contribution in [3.05, 3.63) is 58.7 Å². The molecule has 1 aromatic heterocycles. The summed E-state index contributed by atoms with van der Waals surface area (Å²) in [6.07, 6.45) is 1.40. The molecule has 0 spiro atoms. The molecule has 0 amide bonds. The lowest BCUT2D eigenvalue weighted by atomic mass is 10.1. The molecule has 3 rings (SSSR count). The van der Waals surface area contributed by atoms with E-state index in [1.807, 2.05) is 13.8 Å². The van der Waals surface area contributed by atoms with Gasteiger partial charge in [-0.1, -0.05) is 0 Å². The van der Waals surface area contributed by atoms with Crippen molar-refractivity contribution < 1.29 is 23.5 Å². The summed E-state index contributed by atoms with van der Waals surface area (Å²) in [6, 6.07) is 6.32. The number of furan rings is 1. The molecular weight excluding hydrogens is 284 g/mol. The van der Waals surface area contributed by atoms with Crippen LogP contribution in [0.15, 0.2) is 46.3 Å². The average Bonchev–Trinajstić information content (AvgIpc) is 3.10. The predicted octanol–water partition coefficient (Wildman–Crippen LogP) is 3.68. The minimum absolute atomic E-state index is 0.113. The summed E-state index contributed by atoms with van der Waals surface area (Å²) in [6.45, 7) is 5.36. The van der Waals surface area contributed by atoms with Gasteiger partial charge in [0.1, 0.15) is 11.5 Å². The highest BCUT2D eigenvalue weighted by Gasteiger charge is 2.31. The summed E-state index contributed by atoms with van der Waals surface area (Å²) in [4.78, 5) is 24.1. The van der Waals surface area contributed by atoms with E-state index >= 15 is 0 Å². The Morgan fingerprint density at radius 2 is 1.95 bits per heavy atom. The number of carbonyl (C=O) groups is 2. The molecule has 0 unspecified atom stereocenters. The number of hydrogen-bond acceptors (Lipinski definition) is 5. The first-order valence-electron chi connectivity index (χ1n) is 6.78. The SMILES string of the molecule is CC(C)=C1Oc2c(ccc(OC(=O)c3ccco3)c2C)C1=O. The third kappa shape index (κ3) is 2.20. The zero-order chi connectivity index (χ0) is 15.9. The summed E-state index contributed by atoms with van der Waals surface area (Å²) in [5.74, 6) is 0.463. The fraction of sp³-hybridized carbons (Fsp3) is 0.176. The van der Waals surface area contributed by atoms with Crippen LogP contribution in [0, 0.1) is 6.92 Å². The van der Waals surface area contributed by atoms with E-state index in [2.05, 4.69) is 0 Å². The highest BCUT2D eigenvalue weighted by molar-refractivity contribution is 6.13. The van der Waals surface area contributed by atoms with Crippen molar-refractivity contribution in [2.45, 2.75) is 20.8 Å². The van der Waals surface area contributed by atoms with Crippen LogP contribution in [0.25, 0.3) is 0 Å². The molecular formula is C17H14O5. The number of carbonyl (C=O) groups excluding carboxylic acids is 2. The Morgan fingerprint density at radius 3 is 2.59 bits per heavy atom. The fourth-order valence-electron chi connectivity index (χ4n) is 2.24. The van der Waals surface area contributed by atoms with Crippen LogP contribution in [0.5, 0.6) is 11.5 Å². The normalized spacial score (nSPS) is 12.9. The van der Waals surface area contributed by atoms with Crippen molar-refractivity contribution in [2.24, 2.45) is 0 Å². The highest BCUT2D eigenvalue weighted by atomic mass is 16.5. The van der Waals surface area contributed by atoms with E-state index in [1.165, 1.54) is 12.3 Å². The van der Waals surface area contributed by atoms with Gasteiger partial charge >= 0.3 is 5.97 Å². The number of allylic oxidation sites excluding steroid dienone is 2. The van der Waals surface area contributed by atoms with Gasteiger partial charge in [-0.3, -0.25) is 4.79 Å². The van der Waals surface area contributed by atoms with Crippen LogP contribution < -0.4 is 9.47 Å². The number of hydrogen-bond donors (Lipinski definition) is 0. The third-order valence-electron chi connectivity index (χ3n) is 3.39. The van der Waals surface area contributed by atoms with Crippen LogP contribution in [-0.2, 0) is 0 Å². The Morgan fingerprint density at radius 1 is 1.18 bits per heavy atom. The zero-order valence-electron chi connectivity index (χ0n) is 12.4. The van der Waals surface area contributed by atoms with Crippen LogP contribution in [0.3, 0.4) is 0 Å². The first-order valence-corrected chi connectivity index (χ1v) is 6.78. The molecule has 0 N–H and O–H groups in total. The lowest BCUT2D eigenvalue weighted by molar-refractivity contribution is 0.0699. The van der Waals surface area contributed by atoms with Crippen LogP contribution in [0.2, 0.25) is 0 Å². The number of fused-ring (bicyclic) bond motifs is 1. The van der Waals surface area contributed by atoms with Gasteiger partial charge in [0, 0.05) is 5.56 Å². The second kappa shape index (κ2) is 5.18. The molecule has 0 saturated carbocycles. The summed E-state index contributed by atoms with van der Waals surface area (Å²) in [5.41, 5.74) is 1.88. The van der Waals surface area contributed by atoms with Crippen LogP contribution >= 0.6 is 0 Å². The molecule has 0 fully saturated rings. The molecule has 0 saturated heterocycles. The molecule has 5 heteroatoms. The molecule has 1 aromatic carbocycles. The average molecular weight is 298 g/mol.